The summed E-state index contributed by atoms with van der Waals surface area (Å²) in [7, 11) is -6.80. The van der Waals surface area contributed by atoms with Crippen LogP contribution in [0.3, 0.4) is 0 Å². The maximum atomic E-state index is 14.9. The number of ether oxygens (including phenoxy) is 3. The molecule has 4 aliphatic rings. The fourth-order valence-corrected chi connectivity index (χ4v) is 8.33. The Bertz CT molecular complexity index is 2270. The van der Waals surface area contributed by atoms with Crippen LogP contribution in [0.5, 0.6) is 0 Å². The van der Waals surface area contributed by atoms with Crippen molar-refractivity contribution in [3.63, 3.8) is 0 Å². The highest BCUT2D eigenvalue weighted by atomic mass is 35.5. The van der Waals surface area contributed by atoms with Crippen molar-refractivity contribution in [1.82, 2.24) is 15.1 Å². The van der Waals surface area contributed by atoms with Crippen LogP contribution in [0, 0.1) is 11.6 Å². The van der Waals surface area contributed by atoms with Gasteiger partial charge in [0.2, 0.25) is 11.8 Å². The summed E-state index contributed by atoms with van der Waals surface area (Å²) in [6.45, 7) is 8.50. The first kappa shape index (κ1) is 51.4. The molecule has 4 saturated heterocycles. The molecule has 4 heterocycles. The number of halogens is 3. The van der Waals surface area contributed by atoms with Gasteiger partial charge in [0.1, 0.15) is 40.9 Å². The zero-order valence-corrected chi connectivity index (χ0v) is 38.6. The quantitative estimate of drug-likeness (QED) is 0.304. The van der Waals surface area contributed by atoms with E-state index in [9.17, 15) is 49.6 Å². The number of benzene rings is 2. The monoisotopic (exact) mass is 964 g/mol. The molecule has 0 bridgehead atoms. The lowest BCUT2D eigenvalue weighted by atomic mass is 10.2. The van der Waals surface area contributed by atoms with Crippen LogP contribution < -0.4 is 30.7 Å². The molecule has 0 spiro atoms. The van der Waals surface area contributed by atoms with Crippen molar-refractivity contribution in [2.24, 2.45) is 5.73 Å². The van der Waals surface area contributed by atoms with Gasteiger partial charge in [0, 0.05) is 71.4 Å². The van der Waals surface area contributed by atoms with E-state index in [1.165, 1.54) is 31.7 Å². The third kappa shape index (κ3) is 14.4. The Labute approximate surface area is 377 Å². The first-order valence-electron chi connectivity index (χ1n) is 20.0. The molecule has 0 aromatic heterocycles. The van der Waals surface area contributed by atoms with E-state index in [1.54, 1.807) is 54.8 Å². The van der Waals surface area contributed by atoms with Gasteiger partial charge in [0.25, 0.3) is 0 Å². The fraction of sp³-hybridized carbons (Fsp3) is 0.564. The summed E-state index contributed by atoms with van der Waals surface area (Å²) in [6, 6.07) is 8.89. The number of piperazine rings is 2. The highest BCUT2D eigenvalue weighted by molar-refractivity contribution is 7.91. The van der Waals surface area contributed by atoms with Crippen molar-refractivity contribution < 1.29 is 63.8 Å². The summed E-state index contributed by atoms with van der Waals surface area (Å²) >= 11 is 0. The molecule has 0 radical (unpaired) electrons. The SMILES string of the molecule is CC(C)(C)OC(=O)NC[C@H]1CN(c2ccc(N3CCN(C(=O)CS(C)(=O)=O)CC3)c(F)c2)C(=O)O1.CS(=O)(=O)CC(=O)N1CCN(c2ccc(N3C[C@H](CN)OC3=O)cc2F)CC1.Cl. The minimum absolute atomic E-state index is 0. The Kier molecular flexibility index (Phi) is 17.0. The van der Waals surface area contributed by atoms with Crippen molar-refractivity contribution in [1.29, 1.82) is 0 Å². The van der Waals surface area contributed by atoms with Gasteiger partial charge in [-0.15, -0.1) is 12.4 Å². The predicted octanol–water partition coefficient (Wildman–Crippen LogP) is 1.59. The molecular weight excluding hydrogens is 910 g/mol. The third-order valence-electron chi connectivity index (χ3n) is 10.1. The van der Waals surface area contributed by atoms with Crippen LogP contribution in [0.15, 0.2) is 36.4 Å². The molecule has 6 rings (SSSR count). The molecule has 5 amide bonds. The lowest BCUT2D eigenvalue weighted by molar-refractivity contribution is -0.129. The summed E-state index contributed by atoms with van der Waals surface area (Å²) in [6.07, 6.45) is -0.826. The largest absolute Gasteiger partial charge is 0.444 e. The average molecular weight is 965 g/mol. The van der Waals surface area contributed by atoms with Gasteiger partial charge in [-0.25, -0.2) is 40.0 Å². The zero-order chi connectivity index (χ0) is 46.4. The molecule has 0 unspecified atom stereocenters. The van der Waals surface area contributed by atoms with Gasteiger partial charge < -0.3 is 44.9 Å². The van der Waals surface area contributed by atoms with Crippen LogP contribution in [0.1, 0.15) is 20.8 Å². The van der Waals surface area contributed by atoms with Gasteiger partial charge in [0.15, 0.2) is 19.7 Å². The third-order valence-corrected chi connectivity index (χ3v) is 11.6. The number of nitrogens with two attached hydrogens (primary N) is 1. The van der Waals surface area contributed by atoms with E-state index in [2.05, 4.69) is 5.32 Å². The van der Waals surface area contributed by atoms with E-state index in [-0.39, 0.29) is 51.7 Å². The standard InChI is InChI=1S/C22H31FN4O7S.C17H23FN4O5S.ClH/c1-22(2,3)34-20(29)24-12-16-13-27(21(30)33-16)15-5-6-18(17(23)11-15)25-7-9-26(10-8-25)19(28)14-35(4,31)32;1-28(25,26)11-16(23)21-6-4-20(5-7-21)15-3-2-12(8-14(15)18)22-10-13(9-19)27-17(22)24;/h5-6,11,16H,7-10,12-14H2,1-4H3,(H,24,29);2-3,8,13H,4-7,9-11,19H2,1H3;1H/t16-;13-;/m00./s1. The van der Waals surface area contributed by atoms with E-state index in [0.717, 1.165) is 12.5 Å². The molecule has 25 heteroatoms. The highest BCUT2D eigenvalue weighted by Crippen LogP contribution is 2.30. The van der Waals surface area contributed by atoms with Gasteiger partial charge in [-0.2, -0.15) is 0 Å². The lowest BCUT2D eigenvalue weighted by Gasteiger charge is -2.36. The molecule has 2 aromatic carbocycles. The maximum Gasteiger partial charge on any atom is 0.414 e. The average Bonchev–Trinajstić information content (AvgIpc) is 3.76. The van der Waals surface area contributed by atoms with Crippen LogP contribution in [0.4, 0.5) is 45.9 Å². The number of carbonyl (C=O) groups excluding carboxylic acids is 5. The van der Waals surface area contributed by atoms with Crippen molar-refractivity contribution in [2.75, 3.05) is 122 Å². The molecule has 3 N–H and O–H groups in total. The number of nitrogens with one attached hydrogen (secondary N) is 1. The van der Waals surface area contributed by atoms with Crippen LogP contribution in [-0.4, -0.2) is 177 Å². The van der Waals surface area contributed by atoms with Crippen LogP contribution >= 0.6 is 12.4 Å². The molecule has 0 saturated carbocycles. The van der Waals surface area contributed by atoms with E-state index in [4.69, 9.17) is 19.9 Å². The second-order valence-electron chi connectivity index (χ2n) is 16.5. The number of carbonyl (C=O) groups is 5. The van der Waals surface area contributed by atoms with Gasteiger partial charge >= 0.3 is 18.3 Å². The number of alkyl carbamates (subject to hydrolysis) is 1. The number of hydrogen-bond donors (Lipinski definition) is 2. The Morgan fingerprint density at radius 2 is 1.11 bits per heavy atom. The van der Waals surface area contributed by atoms with E-state index in [0.29, 0.717) is 62.0 Å². The van der Waals surface area contributed by atoms with Gasteiger partial charge in [-0.05, 0) is 57.2 Å². The summed E-state index contributed by atoms with van der Waals surface area (Å²) in [5.74, 6) is -3.01. The van der Waals surface area contributed by atoms with Gasteiger partial charge in [-0.1, -0.05) is 0 Å². The van der Waals surface area contributed by atoms with E-state index < -0.39 is 90.7 Å². The summed E-state index contributed by atoms with van der Waals surface area (Å²) in [4.78, 5) is 69.2. The summed E-state index contributed by atoms with van der Waals surface area (Å²) in [5, 5.41) is 2.55. The second-order valence-corrected chi connectivity index (χ2v) is 20.8. The normalized spacial score (nSPS) is 19.3. The molecule has 20 nitrogen and oxygen atoms in total. The number of sulfone groups is 2. The van der Waals surface area contributed by atoms with Crippen LogP contribution in [-0.2, 0) is 43.5 Å². The number of hydrogen-bond acceptors (Lipinski definition) is 15. The molecule has 0 aliphatic carbocycles. The highest BCUT2D eigenvalue weighted by Gasteiger charge is 2.35. The van der Waals surface area contributed by atoms with Crippen LogP contribution in [0.2, 0.25) is 0 Å². The second kappa shape index (κ2) is 21.2. The first-order valence-corrected chi connectivity index (χ1v) is 24.1. The summed E-state index contributed by atoms with van der Waals surface area (Å²) in [5.41, 5.74) is 6.25. The molecule has 4 aliphatic heterocycles. The van der Waals surface area contributed by atoms with E-state index in [1.807, 2.05) is 0 Å². The number of nitrogens with zero attached hydrogens (tertiary/aromatic N) is 6. The minimum Gasteiger partial charge on any atom is -0.444 e. The molecule has 2 atom stereocenters. The Morgan fingerprint density at radius 3 is 1.45 bits per heavy atom. The summed E-state index contributed by atoms with van der Waals surface area (Å²) < 4.78 is 90.3. The Morgan fingerprint density at radius 1 is 0.719 bits per heavy atom. The fourth-order valence-electron chi connectivity index (χ4n) is 7.07. The lowest BCUT2D eigenvalue weighted by Crippen LogP contribution is -2.50. The predicted molar refractivity (Wildman–Crippen MR) is 236 cm³/mol. The maximum absolute atomic E-state index is 14.9. The van der Waals surface area contributed by atoms with Crippen molar-refractivity contribution >= 4 is 84.9 Å². The number of cyclic esters (lactones) is 2. The molecule has 64 heavy (non-hydrogen) atoms. The van der Waals surface area contributed by atoms with Crippen molar-refractivity contribution in [3.05, 3.63) is 48.0 Å². The molecule has 356 valence electrons. The van der Waals surface area contributed by atoms with Crippen molar-refractivity contribution in [3.8, 4) is 0 Å². The zero-order valence-electron chi connectivity index (χ0n) is 36.2. The molecule has 2 aromatic rings. The Hall–Kier alpha value is -5.20. The topological polar surface area (TPSA) is 239 Å². The Balaban J connectivity index is 0.000000283. The number of amides is 5. The smallest absolute Gasteiger partial charge is 0.414 e. The first-order chi connectivity index (χ1) is 29.4. The number of anilines is 4. The van der Waals surface area contributed by atoms with Gasteiger partial charge in [-0.3, -0.25) is 19.4 Å². The minimum atomic E-state index is -3.42. The van der Waals surface area contributed by atoms with Gasteiger partial charge in [0.05, 0.1) is 42.4 Å². The van der Waals surface area contributed by atoms with Crippen LogP contribution in [0.25, 0.3) is 0 Å². The molecular formula is C39H55ClF2N8O12S2. The number of rotatable bonds is 11. The van der Waals surface area contributed by atoms with Crippen molar-refractivity contribution in [2.45, 2.75) is 38.6 Å². The van der Waals surface area contributed by atoms with E-state index >= 15 is 0 Å². The molecule has 4 fully saturated rings.